The van der Waals surface area contributed by atoms with Crippen LogP contribution < -0.4 is 15.5 Å². The Kier molecular flexibility index (Phi) is 6.41. The summed E-state index contributed by atoms with van der Waals surface area (Å²) in [7, 11) is 3.88. The third-order valence-corrected chi connectivity index (χ3v) is 3.14. The number of rotatable bonds is 5. The summed E-state index contributed by atoms with van der Waals surface area (Å²) in [5.74, 6) is -0.263. The summed E-state index contributed by atoms with van der Waals surface area (Å²) in [6.07, 6.45) is 0.726. The van der Waals surface area contributed by atoms with E-state index in [2.05, 4.69) is 10.6 Å². The minimum atomic E-state index is -0.263. The predicted octanol–water partition coefficient (Wildman–Crippen LogP) is 1.13. The van der Waals surface area contributed by atoms with Crippen LogP contribution in [0.1, 0.15) is 23.7 Å². The number of carbonyl (C=O) groups is 1. The van der Waals surface area contributed by atoms with Crippen LogP contribution in [-0.4, -0.2) is 42.9 Å². The summed E-state index contributed by atoms with van der Waals surface area (Å²) >= 11 is 5.04. The monoisotopic (exact) mass is 295 g/mol. The van der Waals surface area contributed by atoms with E-state index in [0.29, 0.717) is 5.56 Å². The van der Waals surface area contributed by atoms with Gasteiger partial charge < -0.3 is 15.3 Å². The van der Waals surface area contributed by atoms with Crippen molar-refractivity contribution in [3.8, 4) is 0 Å². The van der Waals surface area contributed by atoms with Gasteiger partial charge >= 0.3 is 0 Å². The number of hydrogen-bond donors (Lipinski definition) is 3. The summed E-state index contributed by atoms with van der Waals surface area (Å²) in [5.41, 5.74) is 1.56. The molecule has 0 fully saturated rings. The van der Waals surface area contributed by atoms with Gasteiger partial charge in [0.1, 0.15) is 0 Å². The zero-order chi connectivity index (χ0) is 15.1. The summed E-state index contributed by atoms with van der Waals surface area (Å²) in [4.78, 5) is 13.9. The molecule has 20 heavy (non-hydrogen) atoms. The Morgan fingerprint density at radius 2 is 1.95 bits per heavy atom. The molecule has 0 heterocycles. The van der Waals surface area contributed by atoms with Crippen molar-refractivity contribution >= 4 is 28.9 Å². The van der Waals surface area contributed by atoms with Gasteiger partial charge in [-0.3, -0.25) is 10.1 Å². The molecule has 1 amide bonds. The maximum absolute atomic E-state index is 12.0. The Balaban J connectivity index is 2.60. The van der Waals surface area contributed by atoms with Gasteiger partial charge in [-0.25, -0.2) is 0 Å². The van der Waals surface area contributed by atoms with E-state index in [9.17, 15) is 4.79 Å². The fourth-order valence-electron chi connectivity index (χ4n) is 1.58. The fourth-order valence-corrected chi connectivity index (χ4v) is 1.84. The highest BCUT2D eigenvalue weighted by atomic mass is 32.1. The third kappa shape index (κ3) is 4.79. The van der Waals surface area contributed by atoms with Gasteiger partial charge in [0.25, 0.3) is 5.91 Å². The van der Waals surface area contributed by atoms with Crippen molar-refractivity contribution in [1.82, 2.24) is 10.6 Å². The fraction of sp³-hybridized carbons (Fsp3) is 0.429. The maximum Gasteiger partial charge on any atom is 0.257 e. The molecule has 0 radical (unpaired) electrons. The minimum absolute atomic E-state index is 0.0238. The number of hydrogen-bond acceptors (Lipinski definition) is 4. The van der Waals surface area contributed by atoms with E-state index >= 15 is 0 Å². The molecule has 1 aromatic carbocycles. The van der Waals surface area contributed by atoms with Crippen molar-refractivity contribution in [2.45, 2.75) is 19.4 Å². The summed E-state index contributed by atoms with van der Waals surface area (Å²) in [6, 6.07) is 7.09. The highest BCUT2D eigenvalue weighted by Gasteiger charge is 2.11. The molecule has 5 nitrogen and oxygen atoms in total. The van der Waals surface area contributed by atoms with E-state index < -0.39 is 0 Å². The van der Waals surface area contributed by atoms with Crippen LogP contribution in [0.3, 0.4) is 0 Å². The first-order chi connectivity index (χ1) is 9.47. The van der Waals surface area contributed by atoms with Crippen molar-refractivity contribution < 1.29 is 9.90 Å². The highest BCUT2D eigenvalue weighted by molar-refractivity contribution is 7.80. The quantitative estimate of drug-likeness (QED) is 0.711. The molecule has 0 saturated carbocycles. The van der Waals surface area contributed by atoms with Crippen LogP contribution in [-0.2, 0) is 0 Å². The van der Waals surface area contributed by atoms with Gasteiger partial charge in [-0.15, -0.1) is 0 Å². The molecule has 0 aliphatic carbocycles. The third-order valence-electron chi connectivity index (χ3n) is 2.92. The van der Waals surface area contributed by atoms with Gasteiger partial charge in [0.05, 0.1) is 12.6 Å². The molecule has 3 N–H and O–H groups in total. The first-order valence-corrected chi connectivity index (χ1v) is 6.88. The lowest BCUT2D eigenvalue weighted by Crippen LogP contribution is -2.45. The molecule has 1 aromatic rings. The second-order valence-electron chi connectivity index (χ2n) is 4.66. The number of aliphatic hydroxyl groups excluding tert-OH is 1. The Morgan fingerprint density at radius 3 is 2.40 bits per heavy atom. The molecule has 0 saturated heterocycles. The van der Waals surface area contributed by atoms with Gasteiger partial charge in [0, 0.05) is 25.3 Å². The van der Waals surface area contributed by atoms with Gasteiger partial charge in [-0.2, -0.15) is 0 Å². The number of carbonyl (C=O) groups excluding carboxylic acids is 1. The van der Waals surface area contributed by atoms with Gasteiger partial charge in [0.2, 0.25) is 0 Å². The molecule has 0 aromatic heterocycles. The molecular formula is C14H21N3O2S. The van der Waals surface area contributed by atoms with Gasteiger partial charge in [-0.05, 0) is 42.9 Å². The molecule has 0 spiro atoms. The Hall–Kier alpha value is -1.66. The Bertz CT molecular complexity index is 456. The number of aliphatic hydroxyl groups is 1. The summed E-state index contributed by atoms with van der Waals surface area (Å²) in [5, 5.41) is 14.8. The first kappa shape index (κ1) is 16.4. The number of amides is 1. The van der Waals surface area contributed by atoms with Crippen molar-refractivity contribution in [3.63, 3.8) is 0 Å². The van der Waals surface area contributed by atoms with Crippen LogP contribution >= 0.6 is 12.2 Å². The molecular weight excluding hydrogens is 274 g/mol. The van der Waals surface area contributed by atoms with Crippen LogP contribution in [0.4, 0.5) is 5.69 Å². The minimum Gasteiger partial charge on any atom is -0.394 e. The van der Waals surface area contributed by atoms with E-state index in [1.54, 1.807) is 12.1 Å². The van der Waals surface area contributed by atoms with Crippen molar-refractivity contribution in [2.24, 2.45) is 0 Å². The molecule has 0 bridgehead atoms. The topological polar surface area (TPSA) is 64.6 Å². The second-order valence-corrected chi connectivity index (χ2v) is 5.06. The van der Waals surface area contributed by atoms with E-state index in [1.165, 1.54) is 0 Å². The average molecular weight is 295 g/mol. The Labute approximate surface area is 125 Å². The standard InChI is InChI=1S/C14H21N3O2S/c1-4-11(9-18)15-14(20)16-13(19)10-5-7-12(8-6-10)17(2)3/h5-8,11,18H,4,9H2,1-3H3,(H2,15,16,19,20)/t11-/m1/s1. The largest absolute Gasteiger partial charge is 0.394 e. The summed E-state index contributed by atoms with van der Waals surface area (Å²) < 4.78 is 0. The molecule has 0 aliphatic rings. The van der Waals surface area contributed by atoms with Crippen molar-refractivity contribution in [2.75, 3.05) is 25.6 Å². The van der Waals surface area contributed by atoms with Crippen LogP contribution in [0, 0.1) is 0 Å². The normalized spacial score (nSPS) is 11.6. The zero-order valence-corrected chi connectivity index (χ0v) is 12.8. The zero-order valence-electron chi connectivity index (χ0n) is 12.0. The van der Waals surface area contributed by atoms with Crippen LogP contribution in [0.5, 0.6) is 0 Å². The molecule has 6 heteroatoms. The molecule has 0 aliphatic heterocycles. The second kappa shape index (κ2) is 7.81. The van der Waals surface area contributed by atoms with Crippen molar-refractivity contribution in [3.05, 3.63) is 29.8 Å². The van der Waals surface area contributed by atoms with Crippen LogP contribution in [0.15, 0.2) is 24.3 Å². The number of thiocarbonyl (C=S) groups is 1. The first-order valence-electron chi connectivity index (χ1n) is 6.48. The van der Waals surface area contributed by atoms with Gasteiger partial charge in [0.15, 0.2) is 5.11 Å². The molecule has 1 rings (SSSR count). The van der Waals surface area contributed by atoms with Crippen molar-refractivity contribution in [1.29, 1.82) is 0 Å². The molecule has 1 atom stereocenters. The van der Waals surface area contributed by atoms with E-state index in [0.717, 1.165) is 12.1 Å². The van der Waals surface area contributed by atoms with E-state index in [4.69, 9.17) is 17.3 Å². The highest BCUT2D eigenvalue weighted by Crippen LogP contribution is 2.11. The maximum atomic E-state index is 12.0. The Morgan fingerprint density at radius 1 is 1.35 bits per heavy atom. The van der Waals surface area contributed by atoms with Crippen LogP contribution in [0.2, 0.25) is 0 Å². The number of anilines is 1. The average Bonchev–Trinajstić information content (AvgIpc) is 2.44. The van der Waals surface area contributed by atoms with E-state index in [-0.39, 0.29) is 23.7 Å². The van der Waals surface area contributed by atoms with Crippen LogP contribution in [0.25, 0.3) is 0 Å². The number of benzene rings is 1. The molecule has 110 valence electrons. The number of nitrogens with one attached hydrogen (secondary N) is 2. The van der Waals surface area contributed by atoms with E-state index in [1.807, 2.05) is 38.1 Å². The van der Waals surface area contributed by atoms with Gasteiger partial charge in [-0.1, -0.05) is 6.92 Å². The lowest BCUT2D eigenvalue weighted by Gasteiger charge is -2.17. The molecule has 0 unspecified atom stereocenters. The SMILES string of the molecule is CC[C@H](CO)NC(=S)NC(=O)c1ccc(N(C)C)cc1. The summed E-state index contributed by atoms with van der Waals surface area (Å²) in [6.45, 7) is 1.91. The lowest BCUT2D eigenvalue weighted by molar-refractivity contribution is 0.0976. The lowest BCUT2D eigenvalue weighted by atomic mass is 10.2. The smallest absolute Gasteiger partial charge is 0.257 e. The number of nitrogens with zero attached hydrogens (tertiary/aromatic N) is 1. The predicted molar refractivity (Wildman–Crippen MR) is 85.1 cm³/mol.